The molecular formula is C15H21N2NaO5S. The number of hydrogen-bond acceptors (Lipinski definition) is 7. The number of carboxylic acid groups (broad SMARTS) is 1. The molecule has 3 rings (SSSR count). The minimum Gasteiger partial charge on any atom is -0.543 e. The number of rotatable bonds is 5. The Morgan fingerprint density at radius 1 is 1.50 bits per heavy atom. The number of carbonyl (C=O) groups excluding carboxylic acids is 2. The number of aliphatic hydroxyl groups excluding tert-OH is 1. The van der Waals surface area contributed by atoms with E-state index < -0.39 is 18.0 Å². The van der Waals surface area contributed by atoms with Crippen molar-refractivity contribution < 1.29 is 54.1 Å². The molecule has 24 heavy (non-hydrogen) atoms. The molecular weight excluding hydrogens is 343 g/mol. The standard InChI is InChI=1S/C15H22N2O5S.Na/c1-5-10-9(6(2)18)14(19)17(10)11(15(20)21)12(5)23-13-7(3)22-8(13)4-16;/h5-10,13,18H,4,16H2,1-3H3,(H,20,21);/q;+1/p-1/t5-,6-,7-,8-,9-,10?,13-;/m1./s1. The molecule has 0 aromatic heterocycles. The van der Waals surface area contributed by atoms with Gasteiger partial charge >= 0.3 is 29.6 Å². The van der Waals surface area contributed by atoms with Gasteiger partial charge in [0.1, 0.15) is 0 Å². The van der Waals surface area contributed by atoms with E-state index in [1.54, 1.807) is 6.92 Å². The average molecular weight is 364 g/mol. The second-order valence-corrected chi connectivity index (χ2v) is 7.67. The third-order valence-electron chi connectivity index (χ3n) is 5.02. The monoisotopic (exact) mass is 364 g/mol. The van der Waals surface area contributed by atoms with Gasteiger partial charge in [-0.25, -0.2) is 0 Å². The van der Waals surface area contributed by atoms with Crippen molar-refractivity contribution in [2.24, 2.45) is 17.6 Å². The molecule has 1 amide bonds. The predicted molar refractivity (Wildman–Crippen MR) is 81.8 cm³/mol. The van der Waals surface area contributed by atoms with Crippen molar-refractivity contribution in [2.45, 2.75) is 50.4 Å². The van der Waals surface area contributed by atoms with Crippen molar-refractivity contribution >= 4 is 23.6 Å². The van der Waals surface area contributed by atoms with Crippen LogP contribution in [0.15, 0.2) is 10.6 Å². The van der Waals surface area contributed by atoms with Gasteiger partial charge in [-0.15, -0.1) is 11.8 Å². The van der Waals surface area contributed by atoms with Crippen LogP contribution in [0.3, 0.4) is 0 Å². The first-order valence-electron chi connectivity index (χ1n) is 7.78. The summed E-state index contributed by atoms with van der Waals surface area (Å²) in [4.78, 5) is 25.7. The Morgan fingerprint density at radius 3 is 2.58 bits per heavy atom. The molecule has 9 heteroatoms. The average Bonchev–Trinajstić information content (AvgIpc) is 2.71. The molecule has 0 aromatic rings. The minimum atomic E-state index is -1.35. The maximum Gasteiger partial charge on any atom is 1.00 e. The Morgan fingerprint density at radius 2 is 2.12 bits per heavy atom. The first kappa shape index (κ1) is 20.2. The van der Waals surface area contributed by atoms with Gasteiger partial charge in [0.25, 0.3) is 0 Å². The van der Waals surface area contributed by atoms with Crippen molar-refractivity contribution in [3.8, 4) is 0 Å². The number of hydrogen-bond donors (Lipinski definition) is 2. The van der Waals surface area contributed by atoms with Crippen molar-refractivity contribution in [1.29, 1.82) is 0 Å². The largest absolute Gasteiger partial charge is 1.00 e. The third-order valence-corrected chi connectivity index (χ3v) is 6.79. The van der Waals surface area contributed by atoms with E-state index in [4.69, 9.17) is 10.5 Å². The Hall–Kier alpha value is -0.0900. The molecule has 0 radical (unpaired) electrons. The summed E-state index contributed by atoms with van der Waals surface area (Å²) in [5.41, 5.74) is 5.61. The number of amides is 1. The molecule has 3 heterocycles. The van der Waals surface area contributed by atoms with Crippen molar-refractivity contribution in [2.75, 3.05) is 6.54 Å². The maximum atomic E-state index is 12.2. The van der Waals surface area contributed by atoms with Gasteiger partial charge in [0, 0.05) is 17.4 Å². The van der Waals surface area contributed by atoms with E-state index in [9.17, 15) is 19.8 Å². The van der Waals surface area contributed by atoms with Crippen LogP contribution in [-0.4, -0.2) is 58.0 Å². The molecule has 0 saturated carbocycles. The second-order valence-electron chi connectivity index (χ2n) is 6.45. The van der Waals surface area contributed by atoms with E-state index >= 15 is 0 Å². The van der Waals surface area contributed by atoms with Crippen molar-refractivity contribution in [1.82, 2.24) is 4.90 Å². The van der Waals surface area contributed by atoms with Gasteiger partial charge in [0.05, 0.1) is 47.2 Å². The molecule has 0 aromatic carbocycles. The summed E-state index contributed by atoms with van der Waals surface area (Å²) in [6.45, 7) is 5.73. The number of aliphatic carboxylic acids is 1. The van der Waals surface area contributed by atoms with Gasteiger partial charge < -0.3 is 30.4 Å². The summed E-state index contributed by atoms with van der Waals surface area (Å²) in [5, 5.41) is 21.5. The summed E-state index contributed by atoms with van der Waals surface area (Å²) < 4.78 is 5.54. The van der Waals surface area contributed by atoms with Crippen LogP contribution < -0.4 is 40.4 Å². The van der Waals surface area contributed by atoms with E-state index in [1.807, 2.05) is 13.8 Å². The maximum absolute atomic E-state index is 12.2. The molecule has 2 saturated heterocycles. The SMILES string of the molecule is C[C@H]1C(S[C@@H]2[C@@H](C)O[C@@H]2CN)=C(C(=O)[O-])N2C(=O)[C@H]([C@@H](C)O)C12.[Na+]. The zero-order valence-electron chi connectivity index (χ0n) is 14.3. The summed E-state index contributed by atoms with van der Waals surface area (Å²) in [7, 11) is 0. The topological polar surface area (TPSA) is 116 Å². The van der Waals surface area contributed by atoms with Gasteiger partial charge in [-0.05, 0) is 13.8 Å². The van der Waals surface area contributed by atoms with Gasteiger partial charge in [-0.1, -0.05) is 6.92 Å². The Labute approximate surface area is 167 Å². The molecule has 3 aliphatic heterocycles. The zero-order valence-corrected chi connectivity index (χ0v) is 17.1. The van der Waals surface area contributed by atoms with E-state index in [0.29, 0.717) is 11.4 Å². The van der Waals surface area contributed by atoms with Gasteiger partial charge in [0.2, 0.25) is 5.91 Å². The first-order chi connectivity index (χ1) is 10.8. The van der Waals surface area contributed by atoms with E-state index in [0.717, 1.165) is 0 Å². The number of β-lactam (4-membered cyclic amide) rings is 1. The van der Waals surface area contributed by atoms with Crippen LogP contribution in [0.1, 0.15) is 20.8 Å². The van der Waals surface area contributed by atoms with Gasteiger partial charge in [0.15, 0.2) is 0 Å². The number of thioether (sulfide) groups is 1. The first-order valence-corrected chi connectivity index (χ1v) is 8.66. The van der Waals surface area contributed by atoms with E-state index in [-0.39, 0.29) is 70.6 Å². The summed E-state index contributed by atoms with van der Waals surface area (Å²) in [6.07, 6.45) is -0.941. The number of fused-ring (bicyclic) bond motifs is 1. The molecule has 0 aliphatic carbocycles. The quantitative estimate of drug-likeness (QED) is 0.374. The fourth-order valence-electron chi connectivity index (χ4n) is 3.82. The van der Waals surface area contributed by atoms with Crippen LogP contribution in [0, 0.1) is 11.8 Å². The molecule has 0 spiro atoms. The third kappa shape index (κ3) is 2.86. The number of aliphatic hydroxyl groups is 1. The van der Waals surface area contributed by atoms with Crippen LogP contribution in [0.2, 0.25) is 0 Å². The van der Waals surface area contributed by atoms with Crippen molar-refractivity contribution in [3.63, 3.8) is 0 Å². The number of nitrogens with zero attached hydrogens (tertiary/aromatic N) is 1. The summed E-state index contributed by atoms with van der Waals surface area (Å²) >= 11 is 1.42. The molecule has 0 bridgehead atoms. The second kappa shape index (κ2) is 7.26. The van der Waals surface area contributed by atoms with Crippen LogP contribution in [-0.2, 0) is 14.3 Å². The van der Waals surface area contributed by atoms with Crippen LogP contribution >= 0.6 is 11.8 Å². The zero-order chi connectivity index (χ0) is 17.0. The summed E-state index contributed by atoms with van der Waals surface area (Å²) in [6, 6.07) is -0.314. The fraction of sp³-hybridized carbons (Fsp3) is 0.733. The van der Waals surface area contributed by atoms with Gasteiger partial charge in [-0.3, -0.25) is 4.79 Å². The molecule has 7 atom stereocenters. The predicted octanol–water partition coefficient (Wildman–Crippen LogP) is -4.34. The molecule has 128 valence electrons. The van der Waals surface area contributed by atoms with Crippen LogP contribution in [0.25, 0.3) is 0 Å². The van der Waals surface area contributed by atoms with Crippen molar-refractivity contribution in [3.05, 3.63) is 10.6 Å². The Bertz CT molecular complexity index is 584. The molecule has 2 fully saturated rings. The van der Waals surface area contributed by atoms with Gasteiger partial charge in [-0.2, -0.15) is 0 Å². The number of ether oxygens (including phenoxy) is 1. The molecule has 3 N–H and O–H groups in total. The smallest absolute Gasteiger partial charge is 0.543 e. The summed E-state index contributed by atoms with van der Waals surface area (Å²) in [5.74, 6) is -2.41. The molecule has 3 aliphatic rings. The number of carbonyl (C=O) groups is 2. The Balaban J connectivity index is 0.00000208. The van der Waals surface area contributed by atoms with Crippen LogP contribution in [0.4, 0.5) is 0 Å². The van der Waals surface area contributed by atoms with E-state index in [2.05, 4.69) is 0 Å². The van der Waals surface area contributed by atoms with E-state index in [1.165, 1.54) is 16.7 Å². The number of nitrogens with two attached hydrogens (primary N) is 1. The number of carboxylic acids is 1. The fourth-order valence-corrected chi connectivity index (χ4v) is 5.34. The van der Waals surface area contributed by atoms with Crippen LogP contribution in [0.5, 0.6) is 0 Å². The normalized spacial score (nSPS) is 38.9. The molecule has 7 nitrogen and oxygen atoms in total. The molecule has 1 unspecified atom stereocenters. The minimum absolute atomic E-state index is 0. The Kier molecular flexibility index (Phi) is 6.12.